The molecule has 1 N–H and O–H groups in total. The van der Waals surface area contributed by atoms with Crippen LogP contribution in [-0.2, 0) is 6.54 Å². The van der Waals surface area contributed by atoms with E-state index in [1.165, 1.54) is 17.0 Å². The lowest BCUT2D eigenvalue weighted by Gasteiger charge is -2.22. The van der Waals surface area contributed by atoms with Gasteiger partial charge in [0, 0.05) is 16.0 Å². The molecule has 0 spiro atoms. The van der Waals surface area contributed by atoms with Crippen LogP contribution < -0.4 is 5.56 Å². The first-order valence-electron chi connectivity index (χ1n) is 8.32. The van der Waals surface area contributed by atoms with Gasteiger partial charge < -0.3 is 9.88 Å². The highest BCUT2D eigenvalue weighted by Crippen LogP contribution is 2.19. The van der Waals surface area contributed by atoms with Crippen molar-refractivity contribution in [3.63, 3.8) is 0 Å². The maximum Gasteiger partial charge on any atom is 0.258 e. The topological polar surface area (TPSA) is 66.1 Å². The van der Waals surface area contributed by atoms with Crippen LogP contribution in [0.2, 0.25) is 5.02 Å². The van der Waals surface area contributed by atoms with Gasteiger partial charge >= 0.3 is 0 Å². The summed E-state index contributed by atoms with van der Waals surface area (Å²) >= 11 is 9.16. The fourth-order valence-electron chi connectivity index (χ4n) is 2.77. The summed E-state index contributed by atoms with van der Waals surface area (Å²) in [5.41, 5.74) is 0.100. The lowest BCUT2D eigenvalue weighted by molar-refractivity contribution is 0.0734. The van der Waals surface area contributed by atoms with E-state index in [9.17, 15) is 14.0 Å². The van der Waals surface area contributed by atoms with Gasteiger partial charge in [0.25, 0.3) is 11.5 Å². The maximum atomic E-state index is 14.2. The average molecular weight is 453 g/mol. The molecule has 1 amide bonds. The molecular weight excluding hydrogens is 437 g/mol. The second-order valence-corrected chi connectivity index (χ2v) is 7.38. The first kappa shape index (κ1) is 19.5. The zero-order valence-corrected chi connectivity index (χ0v) is 16.8. The van der Waals surface area contributed by atoms with Gasteiger partial charge in [-0.25, -0.2) is 9.37 Å². The second-order valence-electron chi connectivity index (χ2n) is 6.02. The molecule has 0 saturated carbocycles. The number of amides is 1. The van der Waals surface area contributed by atoms with Crippen molar-refractivity contribution in [3.8, 4) is 0 Å². The van der Waals surface area contributed by atoms with Crippen molar-refractivity contribution >= 4 is 44.3 Å². The molecule has 0 aliphatic rings. The van der Waals surface area contributed by atoms with Crippen molar-refractivity contribution in [2.75, 3.05) is 6.54 Å². The first-order chi connectivity index (χ1) is 12.9. The van der Waals surface area contributed by atoms with Crippen molar-refractivity contribution < 1.29 is 9.18 Å². The van der Waals surface area contributed by atoms with Crippen molar-refractivity contribution in [2.45, 2.75) is 19.9 Å². The molecule has 0 saturated heterocycles. The molecule has 8 heteroatoms. The van der Waals surface area contributed by atoms with Gasteiger partial charge in [0.2, 0.25) is 0 Å². The summed E-state index contributed by atoms with van der Waals surface area (Å²) in [6.07, 6.45) is 0.674. The molecule has 1 aromatic heterocycles. The SMILES string of the molecule is CCCN(Cc1nc2cc(Cl)ccc2c(=O)[nH]1)C(=O)c1ccc(Br)cc1F. The summed E-state index contributed by atoms with van der Waals surface area (Å²) in [5, 5.41) is 0.875. The van der Waals surface area contributed by atoms with E-state index in [-0.39, 0.29) is 17.7 Å². The standard InChI is InChI=1S/C19H16BrClFN3O2/c1-2-7-25(19(27)13-5-3-11(20)8-15(13)22)10-17-23-16-9-12(21)4-6-14(16)18(26)24-17/h3-6,8-9H,2,7,10H2,1H3,(H,23,24,26). The number of nitrogens with one attached hydrogen (secondary N) is 1. The van der Waals surface area contributed by atoms with Crippen LogP contribution in [0.25, 0.3) is 10.9 Å². The molecule has 5 nitrogen and oxygen atoms in total. The second kappa shape index (κ2) is 8.19. The van der Waals surface area contributed by atoms with Crippen molar-refractivity contribution in [2.24, 2.45) is 0 Å². The molecule has 140 valence electrons. The monoisotopic (exact) mass is 451 g/mol. The summed E-state index contributed by atoms with van der Waals surface area (Å²) < 4.78 is 14.7. The zero-order valence-electron chi connectivity index (χ0n) is 14.4. The van der Waals surface area contributed by atoms with E-state index < -0.39 is 11.7 Å². The molecule has 3 rings (SSSR count). The predicted molar refractivity (Wildman–Crippen MR) is 107 cm³/mol. The number of nitrogens with zero attached hydrogens (tertiary/aromatic N) is 2. The van der Waals surface area contributed by atoms with Crippen LogP contribution in [-0.4, -0.2) is 27.3 Å². The van der Waals surface area contributed by atoms with Gasteiger partial charge in [0.1, 0.15) is 11.6 Å². The zero-order chi connectivity index (χ0) is 19.6. The Morgan fingerprint density at radius 2 is 2.07 bits per heavy atom. The maximum absolute atomic E-state index is 14.2. The fraction of sp³-hybridized carbons (Fsp3) is 0.211. The van der Waals surface area contributed by atoms with Gasteiger partial charge in [0.05, 0.1) is 23.0 Å². The van der Waals surface area contributed by atoms with Crippen molar-refractivity contribution in [1.82, 2.24) is 14.9 Å². The Hall–Kier alpha value is -2.25. The number of carbonyl (C=O) groups excluding carboxylic acids is 1. The Kier molecular flexibility index (Phi) is 5.92. The highest BCUT2D eigenvalue weighted by atomic mass is 79.9. The first-order valence-corrected chi connectivity index (χ1v) is 9.49. The van der Waals surface area contributed by atoms with Gasteiger partial charge in [-0.15, -0.1) is 0 Å². The summed E-state index contributed by atoms with van der Waals surface area (Å²) in [4.78, 5) is 33.6. The highest BCUT2D eigenvalue weighted by Gasteiger charge is 2.20. The molecule has 0 bridgehead atoms. The lowest BCUT2D eigenvalue weighted by Crippen LogP contribution is -2.33. The molecule has 0 aliphatic heterocycles. The molecule has 3 aromatic rings. The fourth-order valence-corrected chi connectivity index (χ4v) is 3.27. The molecule has 0 aliphatic carbocycles. The lowest BCUT2D eigenvalue weighted by atomic mass is 10.1. The number of halogens is 3. The van der Waals surface area contributed by atoms with Crippen LogP contribution in [0.5, 0.6) is 0 Å². The van der Waals surface area contributed by atoms with Gasteiger partial charge in [-0.3, -0.25) is 9.59 Å². The molecule has 2 aromatic carbocycles. The Morgan fingerprint density at radius 3 is 2.78 bits per heavy atom. The molecule has 1 heterocycles. The van der Waals surface area contributed by atoms with Crippen LogP contribution in [0.15, 0.2) is 45.7 Å². The minimum atomic E-state index is -0.609. The predicted octanol–water partition coefficient (Wildman–Crippen LogP) is 4.53. The summed E-state index contributed by atoms with van der Waals surface area (Å²) in [5.74, 6) is -0.757. The number of aromatic amines is 1. The van der Waals surface area contributed by atoms with E-state index >= 15 is 0 Å². The average Bonchev–Trinajstić information content (AvgIpc) is 2.60. The minimum absolute atomic E-state index is 0.0298. The smallest absolute Gasteiger partial charge is 0.258 e. The van der Waals surface area contributed by atoms with E-state index in [0.29, 0.717) is 39.2 Å². The normalized spacial score (nSPS) is 11.0. The van der Waals surface area contributed by atoms with Gasteiger partial charge in [0.15, 0.2) is 0 Å². The summed E-state index contributed by atoms with van der Waals surface area (Å²) in [6.45, 7) is 2.36. The Morgan fingerprint density at radius 1 is 1.30 bits per heavy atom. The number of rotatable bonds is 5. The van der Waals surface area contributed by atoms with E-state index in [0.717, 1.165) is 0 Å². The quantitative estimate of drug-likeness (QED) is 0.618. The number of benzene rings is 2. The highest BCUT2D eigenvalue weighted by molar-refractivity contribution is 9.10. The third kappa shape index (κ3) is 4.36. The number of carbonyl (C=O) groups is 1. The number of fused-ring (bicyclic) bond motifs is 1. The third-order valence-electron chi connectivity index (χ3n) is 4.00. The van der Waals surface area contributed by atoms with Crippen LogP contribution >= 0.6 is 27.5 Å². The van der Waals surface area contributed by atoms with E-state index in [2.05, 4.69) is 25.9 Å². The third-order valence-corrected chi connectivity index (χ3v) is 4.73. The number of aromatic nitrogens is 2. The Labute approximate surface area is 168 Å². The van der Waals surface area contributed by atoms with Gasteiger partial charge in [-0.2, -0.15) is 0 Å². The minimum Gasteiger partial charge on any atom is -0.331 e. The van der Waals surface area contributed by atoms with E-state index in [4.69, 9.17) is 11.6 Å². The van der Waals surface area contributed by atoms with Crippen LogP contribution in [0, 0.1) is 5.82 Å². The van der Waals surface area contributed by atoms with Crippen LogP contribution in [0.1, 0.15) is 29.5 Å². The summed E-state index contributed by atoms with van der Waals surface area (Å²) in [6, 6.07) is 9.09. The number of H-pyrrole nitrogens is 1. The Bertz CT molecular complexity index is 1070. The number of hydrogen-bond donors (Lipinski definition) is 1. The molecule has 0 atom stereocenters. The summed E-state index contributed by atoms with van der Waals surface area (Å²) in [7, 11) is 0. The largest absolute Gasteiger partial charge is 0.331 e. The van der Waals surface area contributed by atoms with Crippen LogP contribution in [0.4, 0.5) is 4.39 Å². The Balaban J connectivity index is 1.95. The van der Waals surface area contributed by atoms with E-state index in [1.54, 1.807) is 24.3 Å². The van der Waals surface area contributed by atoms with Crippen LogP contribution in [0.3, 0.4) is 0 Å². The number of hydrogen-bond acceptors (Lipinski definition) is 3. The van der Waals surface area contributed by atoms with Crippen molar-refractivity contribution in [1.29, 1.82) is 0 Å². The van der Waals surface area contributed by atoms with Gasteiger partial charge in [-0.1, -0.05) is 34.5 Å². The van der Waals surface area contributed by atoms with Gasteiger partial charge in [-0.05, 0) is 42.8 Å². The van der Waals surface area contributed by atoms with Crippen molar-refractivity contribution in [3.05, 3.63) is 73.5 Å². The molecular formula is C19H16BrClFN3O2. The molecule has 0 unspecified atom stereocenters. The van der Waals surface area contributed by atoms with E-state index in [1.807, 2.05) is 6.92 Å². The molecule has 0 fully saturated rings. The molecule has 27 heavy (non-hydrogen) atoms. The molecule has 0 radical (unpaired) electrons.